The van der Waals surface area contributed by atoms with Crippen molar-refractivity contribution < 1.29 is 22.3 Å². The molecule has 0 aromatic heterocycles. The van der Waals surface area contributed by atoms with Gasteiger partial charge in [-0.2, -0.15) is 8.78 Å². The van der Waals surface area contributed by atoms with Gasteiger partial charge in [0.05, 0.1) is 12.0 Å². The smallest absolute Gasteiger partial charge is 0.317 e. The van der Waals surface area contributed by atoms with Crippen LogP contribution in [0.15, 0.2) is 12.7 Å². The van der Waals surface area contributed by atoms with E-state index in [9.17, 15) is 17.6 Å². The molecule has 0 aromatic rings. The molecular weight excluding hydrogens is 344 g/mol. The lowest BCUT2D eigenvalue weighted by Crippen LogP contribution is -2.42. The predicted octanol–water partition coefficient (Wildman–Crippen LogP) is 6.62. The molecule has 3 aliphatic carbocycles. The molecule has 3 atom stereocenters. The van der Waals surface area contributed by atoms with Gasteiger partial charge in [-0.15, -0.1) is 6.58 Å². The van der Waals surface area contributed by atoms with Crippen LogP contribution in [0, 0.1) is 23.7 Å². The molecule has 0 saturated heterocycles. The maximum absolute atomic E-state index is 14.5. The van der Waals surface area contributed by atoms with E-state index >= 15 is 0 Å². The van der Waals surface area contributed by atoms with Crippen LogP contribution in [0.2, 0.25) is 0 Å². The molecule has 0 bridgehead atoms. The number of rotatable bonds is 5. The zero-order chi connectivity index (χ0) is 18.7. The first-order chi connectivity index (χ1) is 12.4. The number of halogens is 4. The van der Waals surface area contributed by atoms with Crippen LogP contribution in [0.5, 0.6) is 0 Å². The average Bonchev–Trinajstić information content (AvgIpc) is 2.65. The van der Waals surface area contributed by atoms with E-state index in [-0.39, 0.29) is 19.3 Å². The molecule has 5 heteroatoms. The van der Waals surface area contributed by atoms with Crippen molar-refractivity contribution in [2.45, 2.75) is 95.2 Å². The molecule has 0 aliphatic heterocycles. The molecule has 1 nitrogen and oxygen atoms in total. The molecule has 0 spiro atoms. The van der Waals surface area contributed by atoms with Gasteiger partial charge >= 0.3 is 6.11 Å². The molecule has 3 saturated carbocycles. The minimum Gasteiger partial charge on any atom is -0.317 e. The lowest BCUT2D eigenvalue weighted by Gasteiger charge is -2.40. The number of ether oxygens (including phenoxy) is 1. The summed E-state index contributed by atoms with van der Waals surface area (Å²) in [4.78, 5) is 0. The van der Waals surface area contributed by atoms with Crippen LogP contribution in [0.4, 0.5) is 17.6 Å². The van der Waals surface area contributed by atoms with Gasteiger partial charge in [-0.3, -0.25) is 0 Å². The highest BCUT2D eigenvalue weighted by molar-refractivity contribution is 4.89. The summed E-state index contributed by atoms with van der Waals surface area (Å²) in [6.45, 7) is 3.87. The third-order valence-electron chi connectivity index (χ3n) is 7.03. The molecule has 3 unspecified atom stereocenters. The SMILES string of the molecule is C=CC1CCC(C2CCC(C(F)(F)OC3CCC(F)C(F)C3)CC2)CC1. The summed E-state index contributed by atoms with van der Waals surface area (Å²) >= 11 is 0. The number of hydrogen-bond acceptors (Lipinski definition) is 1. The van der Waals surface area contributed by atoms with E-state index in [1.807, 2.05) is 6.08 Å². The highest BCUT2D eigenvalue weighted by Gasteiger charge is 2.46. The number of alkyl halides is 4. The summed E-state index contributed by atoms with van der Waals surface area (Å²) in [7, 11) is 0. The van der Waals surface area contributed by atoms with Crippen LogP contribution >= 0.6 is 0 Å². The van der Waals surface area contributed by atoms with Crippen LogP contribution in [-0.4, -0.2) is 24.6 Å². The van der Waals surface area contributed by atoms with Gasteiger partial charge < -0.3 is 4.74 Å². The Labute approximate surface area is 154 Å². The minimum atomic E-state index is -3.22. The first kappa shape index (κ1) is 20.2. The third-order valence-corrected chi connectivity index (χ3v) is 7.03. The van der Waals surface area contributed by atoms with Crippen molar-refractivity contribution in [3.8, 4) is 0 Å². The molecule has 3 rings (SSSR count). The van der Waals surface area contributed by atoms with Crippen molar-refractivity contribution in [3.05, 3.63) is 12.7 Å². The topological polar surface area (TPSA) is 9.23 Å². The molecule has 0 N–H and O–H groups in total. The lowest BCUT2D eigenvalue weighted by atomic mass is 9.69. The molecule has 150 valence electrons. The van der Waals surface area contributed by atoms with Gasteiger partial charge in [0.15, 0.2) is 0 Å². The average molecular weight is 376 g/mol. The van der Waals surface area contributed by atoms with Gasteiger partial charge in [-0.25, -0.2) is 8.78 Å². The lowest BCUT2D eigenvalue weighted by molar-refractivity contribution is -0.304. The molecule has 3 fully saturated rings. The van der Waals surface area contributed by atoms with Crippen molar-refractivity contribution in [3.63, 3.8) is 0 Å². The second kappa shape index (κ2) is 8.62. The second-order valence-corrected chi connectivity index (χ2v) is 8.67. The number of hydrogen-bond donors (Lipinski definition) is 0. The molecule has 0 heterocycles. The fourth-order valence-electron chi connectivity index (χ4n) is 5.25. The Hall–Kier alpha value is -0.580. The Kier molecular flexibility index (Phi) is 6.68. The maximum Gasteiger partial charge on any atom is 0.358 e. The van der Waals surface area contributed by atoms with E-state index in [1.54, 1.807) is 0 Å². The van der Waals surface area contributed by atoms with Crippen molar-refractivity contribution in [2.24, 2.45) is 23.7 Å². The Morgan fingerprint density at radius 2 is 1.35 bits per heavy atom. The third kappa shape index (κ3) is 4.82. The Balaban J connectivity index is 1.45. The van der Waals surface area contributed by atoms with Crippen LogP contribution in [0.1, 0.15) is 70.6 Å². The summed E-state index contributed by atoms with van der Waals surface area (Å²) in [6, 6.07) is 0. The quantitative estimate of drug-likeness (QED) is 0.387. The van der Waals surface area contributed by atoms with E-state index in [0.29, 0.717) is 30.6 Å². The summed E-state index contributed by atoms with van der Waals surface area (Å²) in [5, 5.41) is 0. The van der Waals surface area contributed by atoms with Gasteiger partial charge in [0.2, 0.25) is 0 Å². The Bertz CT molecular complexity index is 453. The molecule has 26 heavy (non-hydrogen) atoms. The van der Waals surface area contributed by atoms with Crippen molar-refractivity contribution in [1.82, 2.24) is 0 Å². The standard InChI is InChI=1S/C21H32F4O/c1-2-14-3-5-15(6-4-14)16-7-9-17(10-8-16)21(24,25)26-18-11-12-19(22)20(23)13-18/h2,14-20H,1,3-13H2. The Morgan fingerprint density at radius 1 is 0.769 bits per heavy atom. The maximum atomic E-state index is 14.5. The van der Waals surface area contributed by atoms with E-state index in [1.165, 1.54) is 25.7 Å². The van der Waals surface area contributed by atoms with Gasteiger partial charge in [0.25, 0.3) is 0 Å². The first-order valence-corrected chi connectivity index (χ1v) is 10.4. The van der Waals surface area contributed by atoms with E-state index < -0.39 is 30.5 Å². The van der Waals surface area contributed by atoms with E-state index in [0.717, 1.165) is 12.8 Å². The van der Waals surface area contributed by atoms with E-state index in [4.69, 9.17) is 4.74 Å². The summed E-state index contributed by atoms with van der Waals surface area (Å²) in [5.74, 6) is 1.04. The highest BCUT2D eigenvalue weighted by atomic mass is 19.3. The highest BCUT2D eigenvalue weighted by Crippen LogP contribution is 2.46. The molecule has 0 aromatic carbocycles. The van der Waals surface area contributed by atoms with Gasteiger partial charge in [-0.05, 0) is 82.0 Å². The minimum absolute atomic E-state index is 0.0258. The second-order valence-electron chi connectivity index (χ2n) is 8.67. The summed E-state index contributed by atoms with van der Waals surface area (Å²) in [6.07, 6.45) is 1.97. The normalized spacial score (nSPS) is 42.4. The predicted molar refractivity (Wildman–Crippen MR) is 94.6 cm³/mol. The van der Waals surface area contributed by atoms with Crippen molar-refractivity contribution in [1.29, 1.82) is 0 Å². The van der Waals surface area contributed by atoms with Crippen LogP contribution in [0.3, 0.4) is 0 Å². The fourth-order valence-corrected chi connectivity index (χ4v) is 5.25. The largest absolute Gasteiger partial charge is 0.358 e. The van der Waals surface area contributed by atoms with Crippen LogP contribution in [0.25, 0.3) is 0 Å². The molecule has 0 radical (unpaired) electrons. The van der Waals surface area contributed by atoms with Crippen LogP contribution in [-0.2, 0) is 4.74 Å². The van der Waals surface area contributed by atoms with Crippen molar-refractivity contribution in [2.75, 3.05) is 0 Å². The van der Waals surface area contributed by atoms with Crippen LogP contribution < -0.4 is 0 Å². The van der Waals surface area contributed by atoms with Crippen molar-refractivity contribution >= 4 is 0 Å². The monoisotopic (exact) mass is 376 g/mol. The van der Waals surface area contributed by atoms with Gasteiger partial charge in [-0.1, -0.05) is 6.08 Å². The molecule has 3 aliphatic rings. The van der Waals surface area contributed by atoms with Gasteiger partial charge in [0.1, 0.15) is 12.3 Å². The zero-order valence-corrected chi connectivity index (χ0v) is 15.5. The molecular formula is C21H32F4O. The zero-order valence-electron chi connectivity index (χ0n) is 15.5. The first-order valence-electron chi connectivity index (χ1n) is 10.4. The summed E-state index contributed by atoms with van der Waals surface area (Å²) in [5.41, 5.74) is 0. The van der Waals surface area contributed by atoms with Gasteiger partial charge in [0, 0.05) is 6.42 Å². The fraction of sp³-hybridized carbons (Fsp3) is 0.905. The van der Waals surface area contributed by atoms with E-state index in [2.05, 4.69) is 6.58 Å². The molecule has 0 amide bonds. The summed E-state index contributed by atoms with van der Waals surface area (Å²) < 4.78 is 60.7. The Morgan fingerprint density at radius 3 is 1.88 bits per heavy atom. The number of allylic oxidation sites excluding steroid dienone is 1.